The Balaban J connectivity index is 1.95. The molecule has 1 amide bonds. The molecule has 2 unspecified atom stereocenters. The summed E-state index contributed by atoms with van der Waals surface area (Å²) in [7, 11) is -4.41. The summed E-state index contributed by atoms with van der Waals surface area (Å²) in [5.41, 5.74) is 0.992. The van der Waals surface area contributed by atoms with E-state index in [2.05, 4.69) is 10.6 Å². The van der Waals surface area contributed by atoms with Crippen molar-refractivity contribution in [2.75, 3.05) is 13.1 Å². The molecule has 1 aliphatic heterocycles. The number of amides is 1. The number of aryl methyl sites for hydroxylation is 1. The number of carbonyl (C=O) groups is 2. The summed E-state index contributed by atoms with van der Waals surface area (Å²) in [6.45, 7) is 5.18. The number of carboxylic acid groups (broad SMARTS) is 1. The van der Waals surface area contributed by atoms with E-state index in [1.165, 1.54) is 0 Å². The number of aliphatic carboxylic acids is 1. The molecule has 0 bridgehead atoms. The molecule has 174 valence electrons. The number of carboxylic acids is 1. The topological polar surface area (TPSA) is 125 Å². The van der Waals surface area contributed by atoms with Gasteiger partial charge in [0, 0.05) is 6.42 Å². The Morgan fingerprint density at radius 2 is 1.87 bits per heavy atom. The van der Waals surface area contributed by atoms with Crippen molar-refractivity contribution < 1.29 is 28.7 Å². The van der Waals surface area contributed by atoms with Crippen LogP contribution in [0, 0.1) is 11.8 Å². The third-order valence-corrected chi connectivity index (χ3v) is 7.61. The van der Waals surface area contributed by atoms with Crippen molar-refractivity contribution in [3.63, 3.8) is 0 Å². The lowest BCUT2D eigenvalue weighted by Gasteiger charge is -2.29. The van der Waals surface area contributed by atoms with Gasteiger partial charge >= 0.3 is 13.6 Å². The summed E-state index contributed by atoms with van der Waals surface area (Å²) in [5, 5.41) is 15.4. The van der Waals surface area contributed by atoms with Gasteiger partial charge in [-0.3, -0.25) is 13.9 Å². The zero-order valence-electron chi connectivity index (χ0n) is 18.3. The number of benzene rings is 1. The molecule has 0 aliphatic carbocycles. The molecule has 0 saturated carbocycles. The minimum atomic E-state index is -4.41. The van der Waals surface area contributed by atoms with Crippen LogP contribution in [0.1, 0.15) is 51.5 Å². The van der Waals surface area contributed by atoms with Gasteiger partial charge in [-0.1, -0.05) is 44.2 Å². The summed E-state index contributed by atoms with van der Waals surface area (Å²) in [6.07, 6.45) is 1.97. The lowest BCUT2D eigenvalue weighted by atomic mass is 9.92. The van der Waals surface area contributed by atoms with Crippen molar-refractivity contribution in [1.29, 1.82) is 0 Å². The Labute approximate surface area is 184 Å². The van der Waals surface area contributed by atoms with Gasteiger partial charge in [-0.15, -0.1) is 0 Å². The molecule has 1 aliphatic rings. The molecule has 1 fully saturated rings. The first kappa shape index (κ1) is 25.5. The van der Waals surface area contributed by atoms with Crippen molar-refractivity contribution in [3.05, 3.63) is 35.9 Å². The first-order valence-electron chi connectivity index (χ1n) is 11.0. The summed E-state index contributed by atoms with van der Waals surface area (Å²) < 4.78 is 18.2. The maximum absolute atomic E-state index is 13.0. The molecule has 31 heavy (non-hydrogen) atoms. The maximum atomic E-state index is 13.0. The number of rotatable bonds is 12. The zero-order chi connectivity index (χ0) is 22.9. The second kappa shape index (κ2) is 12.3. The molecule has 9 heteroatoms. The third-order valence-electron chi connectivity index (χ3n) is 5.62. The maximum Gasteiger partial charge on any atom is 0.351 e. The van der Waals surface area contributed by atoms with Crippen LogP contribution in [0.5, 0.6) is 0 Å². The van der Waals surface area contributed by atoms with E-state index < -0.39 is 31.4 Å². The summed E-state index contributed by atoms with van der Waals surface area (Å²) in [5.74, 6) is -2.83. The SMILES string of the molecule is CC(C)[C@H](NC(=O)CCc1ccccc1)P(=O)(O)OC(CCC1CCNCC1)C(=O)O. The fourth-order valence-corrected chi connectivity index (χ4v) is 5.54. The van der Waals surface area contributed by atoms with E-state index in [9.17, 15) is 24.2 Å². The van der Waals surface area contributed by atoms with Crippen molar-refractivity contribution in [2.45, 2.75) is 64.3 Å². The Hall–Kier alpha value is -1.73. The summed E-state index contributed by atoms with van der Waals surface area (Å²) in [6, 6.07) is 9.48. The normalized spacial score (nSPS) is 18.8. The minimum absolute atomic E-state index is 0.158. The molecule has 0 radical (unpaired) electrons. The van der Waals surface area contributed by atoms with Gasteiger partial charge in [-0.25, -0.2) is 4.79 Å². The van der Waals surface area contributed by atoms with Crippen LogP contribution in [-0.2, 0) is 25.1 Å². The van der Waals surface area contributed by atoms with Gasteiger partial charge in [-0.2, -0.15) is 0 Å². The van der Waals surface area contributed by atoms with E-state index in [-0.39, 0.29) is 18.7 Å². The monoisotopic (exact) mass is 454 g/mol. The van der Waals surface area contributed by atoms with Crippen LogP contribution >= 0.6 is 7.60 Å². The predicted molar refractivity (Wildman–Crippen MR) is 119 cm³/mol. The van der Waals surface area contributed by atoms with E-state index in [0.717, 1.165) is 31.5 Å². The van der Waals surface area contributed by atoms with Crippen LogP contribution in [0.4, 0.5) is 0 Å². The highest BCUT2D eigenvalue weighted by Gasteiger charge is 2.40. The average Bonchev–Trinajstić information content (AvgIpc) is 2.74. The fourth-order valence-electron chi connectivity index (χ4n) is 3.79. The number of hydrogen-bond donors (Lipinski definition) is 4. The first-order valence-corrected chi connectivity index (χ1v) is 12.6. The number of nitrogens with one attached hydrogen (secondary N) is 2. The highest BCUT2D eigenvalue weighted by Crippen LogP contribution is 2.51. The van der Waals surface area contributed by atoms with Gasteiger partial charge in [0.15, 0.2) is 6.10 Å². The molecule has 2 rings (SSSR count). The second-order valence-corrected chi connectivity index (χ2v) is 10.4. The average molecular weight is 455 g/mol. The molecule has 1 heterocycles. The van der Waals surface area contributed by atoms with Crippen molar-refractivity contribution in [1.82, 2.24) is 10.6 Å². The molecule has 4 N–H and O–H groups in total. The van der Waals surface area contributed by atoms with Gasteiger partial charge in [0.05, 0.1) is 0 Å². The van der Waals surface area contributed by atoms with E-state index in [1.54, 1.807) is 13.8 Å². The van der Waals surface area contributed by atoms with Gasteiger partial charge in [-0.05, 0) is 62.6 Å². The molecule has 1 aromatic rings. The largest absolute Gasteiger partial charge is 0.479 e. The number of carbonyl (C=O) groups excluding carboxylic acids is 1. The van der Waals surface area contributed by atoms with Crippen LogP contribution in [0.2, 0.25) is 0 Å². The van der Waals surface area contributed by atoms with Gasteiger partial charge in [0.2, 0.25) is 5.91 Å². The van der Waals surface area contributed by atoms with E-state index in [1.807, 2.05) is 30.3 Å². The van der Waals surface area contributed by atoms with Crippen LogP contribution in [-0.4, -0.2) is 46.9 Å². The van der Waals surface area contributed by atoms with E-state index >= 15 is 0 Å². The Kier molecular flexibility index (Phi) is 10.2. The molecule has 8 nitrogen and oxygen atoms in total. The number of piperidine rings is 1. The standard InChI is InChI=1S/C22H35N2O6P/c1-16(2)21(24-20(25)11-9-17-6-4-3-5-7-17)31(28,29)30-19(22(26)27)10-8-18-12-14-23-15-13-18/h3-7,16,18-19,21,23H,8-15H2,1-2H3,(H,24,25)(H,26,27)(H,28,29)/t19?,21-/m1/s1. The molecule has 1 saturated heterocycles. The van der Waals surface area contributed by atoms with Gasteiger partial charge < -0.3 is 20.6 Å². The molecule has 1 aromatic carbocycles. The van der Waals surface area contributed by atoms with Crippen molar-refractivity contribution in [3.8, 4) is 0 Å². The lowest BCUT2D eigenvalue weighted by Crippen LogP contribution is -2.40. The van der Waals surface area contributed by atoms with Crippen LogP contribution in [0.3, 0.4) is 0 Å². The Morgan fingerprint density at radius 3 is 2.45 bits per heavy atom. The third kappa shape index (κ3) is 8.73. The summed E-state index contributed by atoms with van der Waals surface area (Å²) in [4.78, 5) is 34.7. The molecular weight excluding hydrogens is 419 g/mol. The minimum Gasteiger partial charge on any atom is -0.479 e. The summed E-state index contributed by atoms with van der Waals surface area (Å²) >= 11 is 0. The quantitative estimate of drug-likeness (QED) is 0.358. The molecule has 0 spiro atoms. The lowest BCUT2D eigenvalue weighted by molar-refractivity contribution is -0.146. The van der Waals surface area contributed by atoms with Crippen molar-refractivity contribution >= 4 is 19.5 Å². The van der Waals surface area contributed by atoms with Crippen LogP contribution in [0.15, 0.2) is 30.3 Å². The van der Waals surface area contributed by atoms with E-state index in [4.69, 9.17) is 4.52 Å². The fraction of sp³-hybridized carbons (Fsp3) is 0.636. The highest BCUT2D eigenvalue weighted by molar-refractivity contribution is 7.53. The smallest absolute Gasteiger partial charge is 0.351 e. The highest BCUT2D eigenvalue weighted by atomic mass is 31.2. The predicted octanol–water partition coefficient (Wildman–Crippen LogP) is 3.15. The molecule has 3 atom stereocenters. The van der Waals surface area contributed by atoms with E-state index in [0.29, 0.717) is 18.8 Å². The zero-order valence-corrected chi connectivity index (χ0v) is 19.2. The van der Waals surface area contributed by atoms with Gasteiger partial charge in [0.1, 0.15) is 5.78 Å². The Morgan fingerprint density at radius 1 is 1.23 bits per heavy atom. The molecular formula is C22H35N2O6P. The molecule has 0 aromatic heterocycles. The van der Waals surface area contributed by atoms with Crippen molar-refractivity contribution in [2.24, 2.45) is 11.8 Å². The van der Waals surface area contributed by atoms with Crippen LogP contribution < -0.4 is 10.6 Å². The van der Waals surface area contributed by atoms with Crippen LogP contribution in [0.25, 0.3) is 0 Å². The van der Waals surface area contributed by atoms with Gasteiger partial charge in [0.25, 0.3) is 0 Å². The number of hydrogen-bond acceptors (Lipinski definition) is 5. The second-order valence-electron chi connectivity index (χ2n) is 8.51. The first-order chi connectivity index (χ1) is 14.7. The Bertz CT molecular complexity index is 752.